The highest BCUT2D eigenvalue weighted by Gasteiger charge is 2.10. The van der Waals surface area contributed by atoms with E-state index in [-0.39, 0.29) is 16.8 Å². The minimum Gasteiger partial charge on any atom is -0.493 e. The zero-order chi connectivity index (χ0) is 18.2. The second-order valence-corrected chi connectivity index (χ2v) is 5.65. The van der Waals surface area contributed by atoms with Gasteiger partial charge in [-0.05, 0) is 49.2 Å². The monoisotopic (exact) mass is 361 g/mol. The molecule has 1 atom stereocenters. The summed E-state index contributed by atoms with van der Waals surface area (Å²) in [7, 11) is 1.58. The molecule has 0 spiro atoms. The zero-order valence-corrected chi connectivity index (χ0v) is 15.1. The number of ether oxygens (including phenoxy) is 2. The molecule has 1 aromatic carbocycles. The molecule has 0 bridgehead atoms. The molecule has 132 valence electrons. The Labute approximate surface area is 151 Å². The summed E-state index contributed by atoms with van der Waals surface area (Å²) in [5.74, 6) is 0.837. The van der Waals surface area contributed by atoms with E-state index in [1.54, 1.807) is 25.3 Å². The van der Waals surface area contributed by atoms with Crippen molar-refractivity contribution < 1.29 is 14.3 Å². The number of methoxy groups -OCH3 is 1. The third-order valence-electron chi connectivity index (χ3n) is 3.47. The number of benzene rings is 1. The third-order valence-corrected chi connectivity index (χ3v) is 3.78. The summed E-state index contributed by atoms with van der Waals surface area (Å²) >= 11 is 5.87. The first kappa shape index (κ1) is 18.7. The summed E-state index contributed by atoms with van der Waals surface area (Å²) in [6.45, 7) is 4.04. The molecule has 0 aliphatic rings. The van der Waals surface area contributed by atoms with E-state index in [1.807, 2.05) is 19.1 Å². The van der Waals surface area contributed by atoms with Gasteiger partial charge < -0.3 is 9.47 Å². The van der Waals surface area contributed by atoms with Crippen molar-refractivity contribution in [1.29, 1.82) is 0 Å². The van der Waals surface area contributed by atoms with Gasteiger partial charge in [-0.25, -0.2) is 10.4 Å². The predicted octanol–water partition coefficient (Wildman–Crippen LogP) is 3.68. The molecule has 1 unspecified atom stereocenters. The van der Waals surface area contributed by atoms with Crippen LogP contribution in [0.15, 0.2) is 41.6 Å². The lowest BCUT2D eigenvalue weighted by molar-refractivity contribution is 0.0955. The lowest BCUT2D eigenvalue weighted by Crippen LogP contribution is -2.18. The summed E-state index contributed by atoms with van der Waals surface area (Å²) in [5.41, 5.74) is 3.43. The van der Waals surface area contributed by atoms with Gasteiger partial charge in [-0.15, -0.1) is 0 Å². The third kappa shape index (κ3) is 5.19. The average molecular weight is 362 g/mol. The van der Waals surface area contributed by atoms with E-state index in [2.05, 4.69) is 22.4 Å². The fourth-order valence-electron chi connectivity index (χ4n) is 1.94. The van der Waals surface area contributed by atoms with Crippen molar-refractivity contribution in [3.63, 3.8) is 0 Å². The zero-order valence-electron chi connectivity index (χ0n) is 14.3. The quantitative estimate of drug-likeness (QED) is 0.464. The molecule has 1 aromatic heterocycles. The molecule has 0 radical (unpaired) electrons. The first-order chi connectivity index (χ1) is 12.0. The molecule has 0 saturated carbocycles. The topological polar surface area (TPSA) is 72.8 Å². The molecule has 2 aromatic rings. The van der Waals surface area contributed by atoms with Crippen LogP contribution in [0.2, 0.25) is 5.15 Å². The number of hydrogen-bond donors (Lipinski definition) is 1. The Kier molecular flexibility index (Phi) is 6.77. The number of carbonyl (C=O) groups is 1. The van der Waals surface area contributed by atoms with Gasteiger partial charge in [0.25, 0.3) is 5.91 Å². The van der Waals surface area contributed by atoms with E-state index in [0.717, 1.165) is 12.0 Å². The summed E-state index contributed by atoms with van der Waals surface area (Å²) < 4.78 is 11.1. The Morgan fingerprint density at radius 2 is 2.20 bits per heavy atom. The van der Waals surface area contributed by atoms with E-state index >= 15 is 0 Å². The van der Waals surface area contributed by atoms with Crippen LogP contribution >= 0.6 is 11.6 Å². The van der Waals surface area contributed by atoms with Gasteiger partial charge >= 0.3 is 0 Å². The van der Waals surface area contributed by atoms with Crippen LogP contribution in [0.3, 0.4) is 0 Å². The van der Waals surface area contributed by atoms with Gasteiger partial charge in [0.15, 0.2) is 11.5 Å². The van der Waals surface area contributed by atoms with E-state index in [1.165, 1.54) is 12.4 Å². The first-order valence-corrected chi connectivity index (χ1v) is 8.21. The molecule has 1 N–H and O–H groups in total. The van der Waals surface area contributed by atoms with Crippen molar-refractivity contribution >= 4 is 23.7 Å². The minimum atomic E-state index is -0.432. The second kappa shape index (κ2) is 9.03. The Morgan fingerprint density at radius 3 is 2.88 bits per heavy atom. The van der Waals surface area contributed by atoms with E-state index in [4.69, 9.17) is 21.1 Å². The van der Waals surface area contributed by atoms with E-state index in [0.29, 0.717) is 11.5 Å². The Bertz CT molecular complexity index is 765. The second-order valence-electron chi connectivity index (χ2n) is 5.29. The average Bonchev–Trinajstić information content (AvgIpc) is 2.62. The molecule has 0 fully saturated rings. The van der Waals surface area contributed by atoms with Crippen LogP contribution in [0.5, 0.6) is 11.5 Å². The maximum absolute atomic E-state index is 12.0. The fourth-order valence-corrected chi connectivity index (χ4v) is 2.15. The number of hydrazone groups is 1. The van der Waals surface area contributed by atoms with Crippen molar-refractivity contribution in [2.75, 3.05) is 7.11 Å². The van der Waals surface area contributed by atoms with E-state index < -0.39 is 5.91 Å². The smallest absolute Gasteiger partial charge is 0.274 e. The Morgan fingerprint density at radius 1 is 1.40 bits per heavy atom. The van der Waals surface area contributed by atoms with Gasteiger partial charge in [-0.3, -0.25) is 4.79 Å². The van der Waals surface area contributed by atoms with Crippen LogP contribution in [-0.4, -0.2) is 30.3 Å². The van der Waals surface area contributed by atoms with Crippen molar-refractivity contribution in [3.8, 4) is 11.5 Å². The van der Waals surface area contributed by atoms with Gasteiger partial charge in [-0.1, -0.05) is 18.5 Å². The van der Waals surface area contributed by atoms with Gasteiger partial charge in [-0.2, -0.15) is 5.10 Å². The summed E-state index contributed by atoms with van der Waals surface area (Å²) in [6.07, 6.45) is 4.02. The first-order valence-electron chi connectivity index (χ1n) is 7.83. The molecule has 7 heteroatoms. The number of pyridine rings is 1. The molecule has 2 rings (SSSR count). The maximum Gasteiger partial charge on any atom is 0.274 e. The highest BCUT2D eigenvalue weighted by molar-refractivity contribution is 6.32. The standard InChI is InChI=1S/C18H20ClN3O3/c1-4-12(2)25-15-8-7-13(10-16(15)24-3)11-21-22-18(23)14-6-5-9-20-17(14)19/h5-12H,4H2,1-3H3,(H,22,23). The van der Waals surface area contributed by atoms with Crippen molar-refractivity contribution in [2.45, 2.75) is 26.4 Å². The minimum absolute atomic E-state index is 0.0944. The molecule has 6 nitrogen and oxygen atoms in total. The lowest BCUT2D eigenvalue weighted by Gasteiger charge is -2.15. The maximum atomic E-state index is 12.0. The normalized spacial score (nSPS) is 12.0. The molecule has 0 saturated heterocycles. The molecule has 0 aliphatic heterocycles. The van der Waals surface area contributed by atoms with E-state index in [9.17, 15) is 4.79 Å². The number of hydrogen-bond acceptors (Lipinski definition) is 5. The van der Waals surface area contributed by atoms with Crippen LogP contribution in [-0.2, 0) is 0 Å². The highest BCUT2D eigenvalue weighted by atomic mass is 35.5. The van der Waals surface area contributed by atoms with Gasteiger partial charge in [0.05, 0.1) is 25.0 Å². The summed E-state index contributed by atoms with van der Waals surface area (Å²) in [5, 5.41) is 4.06. The molecule has 1 amide bonds. The molecule has 25 heavy (non-hydrogen) atoms. The molecule has 1 heterocycles. The van der Waals surface area contributed by atoms with Gasteiger partial charge in [0.2, 0.25) is 0 Å². The van der Waals surface area contributed by atoms with Crippen molar-refractivity contribution in [2.24, 2.45) is 5.10 Å². The number of halogens is 1. The lowest BCUT2D eigenvalue weighted by atomic mass is 10.2. The summed E-state index contributed by atoms with van der Waals surface area (Å²) in [4.78, 5) is 15.8. The van der Waals surface area contributed by atoms with Crippen LogP contribution in [0.1, 0.15) is 36.2 Å². The van der Waals surface area contributed by atoms with Gasteiger partial charge in [0.1, 0.15) is 5.15 Å². The molecular weight excluding hydrogens is 342 g/mol. The van der Waals surface area contributed by atoms with Crippen LogP contribution in [0, 0.1) is 0 Å². The van der Waals surface area contributed by atoms with Crippen molar-refractivity contribution in [3.05, 3.63) is 52.8 Å². The van der Waals surface area contributed by atoms with Crippen LogP contribution in [0.25, 0.3) is 0 Å². The van der Waals surface area contributed by atoms with Gasteiger partial charge in [0, 0.05) is 6.20 Å². The number of rotatable bonds is 7. The molecular formula is C18H20ClN3O3. The highest BCUT2D eigenvalue weighted by Crippen LogP contribution is 2.28. The Hall–Kier alpha value is -2.60. The van der Waals surface area contributed by atoms with Crippen LogP contribution < -0.4 is 14.9 Å². The largest absolute Gasteiger partial charge is 0.493 e. The van der Waals surface area contributed by atoms with Crippen LogP contribution in [0.4, 0.5) is 0 Å². The number of aromatic nitrogens is 1. The SMILES string of the molecule is CCC(C)Oc1ccc(C=NNC(=O)c2cccnc2Cl)cc1OC. The molecule has 0 aliphatic carbocycles. The summed E-state index contributed by atoms with van der Waals surface area (Å²) in [6, 6.07) is 8.62. The number of amides is 1. The number of nitrogens with one attached hydrogen (secondary N) is 1. The number of carbonyl (C=O) groups excluding carboxylic acids is 1. The number of nitrogens with zero attached hydrogens (tertiary/aromatic N) is 2. The van der Waals surface area contributed by atoms with Crippen molar-refractivity contribution in [1.82, 2.24) is 10.4 Å². The predicted molar refractivity (Wildman–Crippen MR) is 97.7 cm³/mol. The fraction of sp³-hybridized carbons (Fsp3) is 0.278. The Balaban J connectivity index is 2.06.